The fourth-order valence-corrected chi connectivity index (χ4v) is 17.7. The number of anilines is 6. The number of nitrogens with zero attached hydrogens (tertiary/aromatic N) is 4. The fourth-order valence-electron chi connectivity index (χ4n) is 17.7. The summed E-state index contributed by atoms with van der Waals surface area (Å²) >= 11 is 0. The van der Waals surface area contributed by atoms with Gasteiger partial charge in [-0.1, -0.05) is 262 Å². The topological polar surface area (TPSA) is 34.8 Å². The molecular weight excluding hydrogens is 1280 g/mol. The third-order valence-electron chi connectivity index (χ3n) is 22.9. The molecule has 0 aliphatic carbocycles. The van der Waals surface area contributed by atoms with Crippen LogP contribution in [0.2, 0.25) is 0 Å². The summed E-state index contributed by atoms with van der Waals surface area (Å²) in [5.74, 6) is 3.20. The Labute approximate surface area is 617 Å². The van der Waals surface area contributed by atoms with E-state index in [2.05, 4.69) is 378 Å². The smallest absolute Gasteiger partial charge is 0.252 e. The molecule has 0 N–H and O–H groups in total. The molecule has 6 heterocycles. The summed E-state index contributed by atoms with van der Waals surface area (Å²) in [7, 11) is 0. The highest BCUT2D eigenvalue weighted by atomic mass is 16.5. The van der Waals surface area contributed by atoms with Gasteiger partial charge in [0, 0.05) is 100 Å². The molecule has 514 valence electrons. The number of hydrogen-bond acceptors (Lipinski definition) is 4. The molecule has 4 aliphatic heterocycles. The van der Waals surface area contributed by atoms with Gasteiger partial charge in [0.15, 0.2) is 0 Å². The number of ether oxygens (including phenoxy) is 2. The highest BCUT2D eigenvalue weighted by Gasteiger charge is 2.50. The van der Waals surface area contributed by atoms with Gasteiger partial charge in [-0.05, 0) is 168 Å². The molecule has 0 fully saturated rings. The van der Waals surface area contributed by atoms with Crippen LogP contribution in [0.4, 0.5) is 34.1 Å². The first-order valence-electron chi connectivity index (χ1n) is 37.5. The van der Waals surface area contributed by atoms with E-state index >= 15 is 0 Å². The summed E-state index contributed by atoms with van der Waals surface area (Å²) in [5.41, 5.74) is 30.5. The van der Waals surface area contributed by atoms with Crippen molar-refractivity contribution in [1.29, 1.82) is 0 Å². The maximum Gasteiger partial charge on any atom is 0.252 e. The number of aromatic nitrogens is 2. The zero-order valence-corrected chi connectivity index (χ0v) is 62.9. The highest BCUT2D eigenvalue weighted by Crippen LogP contribution is 2.61. The Hall–Kier alpha value is -11.3. The van der Waals surface area contributed by atoms with Crippen LogP contribution in [-0.2, 0) is 27.1 Å². The molecular formula is C98H87BN4O2. The molecule has 7 heteroatoms. The Morgan fingerprint density at radius 1 is 0.257 bits per heavy atom. The van der Waals surface area contributed by atoms with Gasteiger partial charge in [0.05, 0.1) is 33.4 Å². The van der Waals surface area contributed by atoms with Gasteiger partial charge < -0.3 is 28.4 Å². The van der Waals surface area contributed by atoms with Gasteiger partial charge in [0.2, 0.25) is 0 Å². The second kappa shape index (κ2) is 22.6. The zero-order chi connectivity index (χ0) is 72.3. The van der Waals surface area contributed by atoms with Crippen molar-refractivity contribution in [3.05, 3.63) is 283 Å². The van der Waals surface area contributed by atoms with Gasteiger partial charge in [0.25, 0.3) is 6.71 Å². The van der Waals surface area contributed by atoms with E-state index in [0.717, 1.165) is 146 Å². The molecule has 0 saturated carbocycles. The maximum atomic E-state index is 7.86. The minimum atomic E-state index is -0.369. The van der Waals surface area contributed by atoms with Crippen LogP contribution in [0.15, 0.2) is 255 Å². The van der Waals surface area contributed by atoms with Crippen molar-refractivity contribution in [2.75, 3.05) is 9.80 Å². The van der Waals surface area contributed by atoms with E-state index < -0.39 is 0 Å². The predicted molar refractivity (Wildman–Crippen MR) is 445 cm³/mol. The predicted octanol–water partition coefficient (Wildman–Crippen LogP) is 25.3. The second-order valence-corrected chi connectivity index (χ2v) is 34.9. The Morgan fingerprint density at radius 3 is 1.02 bits per heavy atom. The van der Waals surface area contributed by atoms with Gasteiger partial charge in [0.1, 0.15) is 23.0 Å². The minimum Gasteiger partial charge on any atom is -0.456 e. The lowest BCUT2D eigenvalue weighted by molar-refractivity contribution is 0.486. The van der Waals surface area contributed by atoms with E-state index in [1.165, 1.54) is 55.0 Å². The number of fused-ring (bicyclic) bond motifs is 22. The van der Waals surface area contributed by atoms with Gasteiger partial charge in [-0.15, -0.1) is 0 Å². The van der Waals surface area contributed by atoms with E-state index in [1.807, 2.05) is 0 Å². The Kier molecular flexibility index (Phi) is 13.9. The Bertz CT molecular complexity index is 5830. The van der Waals surface area contributed by atoms with E-state index in [1.54, 1.807) is 0 Å². The van der Waals surface area contributed by atoms with Gasteiger partial charge in [-0.3, -0.25) is 0 Å². The minimum absolute atomic E-state index is 0.291. The molecule has 19 rings (SSSR count). The largest absolute Gasteiger partial charge is 0.456 e. The van der Waals surface area contributed by atoms with Crippen molar-refractivity contribution in [3.8, 4) is 78.9 Å². The SMILES string of the molecule is CC(C)(C)c1cc2c3c(c1)-c1ccccc1Oc1cc4c5ccccc5n(-c5ccccc5)c4cc1-c1cccc(C(C)(C)C)c1N3c1cc(C(C)(C)C)cc3c1B2c1cc(C(C)(C)C)cc2c1N3c1c(cccc1C(C)(C)C)-c1cc3c(cc1Oc1ccccc1-2)c1ccccc1n3-c1ccccc1. The van der Waals surface area contributed by atoms with Crippen LogP contribution in [0.1, 0.15) is 132 Å². The van der Waals surface area contributed by atoms with Gasteiger partial charge in [-0.2, -0.15) is 0 Å². The molecule has 13 aromatic carbocycles. The summed E-state index contributed by atoms with van der Waals surface area (Å²) in [5, 5.41) is 4.59. The number of benzene rings is 13. The summed E-state index contributed by atoms with van der Waals surface area (Å²) in [6.07, 6.45) is 0. The highest BCUT2D eigenvalue weighted by molar-refractivity contribution is 7.00. The molecule has 0 unspecified atom stereocenters. The standard InChI is InChI=1S/C98H87BN4O2/c1-94(2,3)58-48-73-65-38-24-28-46-85(65)104-87-56-69-63-36-22-26-44-79(63)100(61-32-18-16-19-33-61)81(69)54-71(87)67-40-30-42-75(97(10,11)12)90(67)102-83-52-60(96(7,8)9)53-84-89(83)99(77(50-58)92(73)102)78-51-59(95(4,5)6)49-74-66-39-25-29-47-86(66)105-88-57-70-64-37-23-27-45-80(64)101(62-34-20-17-21-35-62)82(70)55-72(88)68-41-31-43-76(98(13,14)15)91(68)103(84)93(74)78/h16-57H,1-15H3. The van der Waals surface area contributed by atoms with Crippen molar-refractivity contribution in [3.63, 3.8) is 0 Å². The van der Waals surface area contributed by atoms with Crippen LogP contribution in [0.3, 0.4) is 0 Å². The molecule has 2 aromatic heterocycles. The first-order valence-corrected chi connectivity index (χ1v) is 37.5. The van der Waals surface area contributed by atoms with Crippen LogP contribution in [-0.4, -0.2) is 15.8 Å². The fraction of sp³-hybridized carbons (Fsp3) is 0.204. The average molecular weight is 1360 g/mol. The molecule has 0 saturated heterocycles. The molecule has 0 amide bonds. The number of para-hydroxylation sites is 8. The van der Waals surface area contributed by atoms with Crippen LogP contribution >= 0.6 is 0 Å². The summed E-state index contributed by atoms with van der Waals surface area (Å²) in [4.78, 5) is 5.57. The van der Waals surface area contributed by atoms with Crippen LogP contribution in [0.5, 0.6) is 23.0 Å². The quantitative estimate of drug-likeness (QED) is 0.162. The summed E-state index contributed by atoms with van der Waals surface area (Å²) < 4.78 is 20.6. The van der Waals surface area contributed by atoms with Crippen molar-refractivity contribution >= 4 is 101 Å². The molecule has 0 atom stereocenters. The molecule has 4 aliphatic rings. The van der Waals surface area contributed by atoms with E-state index in [4.69, 9.17) is 9.47 Å². The number of rotatable bonds is 2. The molecule has 6 nitrogen and oxygen atoms in total. The van der Waals surface area contributed by atoms with Gasteiger partial charge in [-0.25, -0.2) is 0 Å². The Morgan fingerprint density at radius 2 is 0.619 bits per heavy atom. The van der Waals surface area contributed by atoms with Crippen LogP contribution in [0.25, 0.3) is 99.5 Å². The lowest BCUT2D eigenvalue weighted by atomic mass is 9.32. The van der Waals surface area contributed by atoms with Crippen LogP contribution < -0.4 is 35.7 Å². The van der Waals surface area contributed by atoms with Crippen molar-refractivity contribution < 1.29 is 9.47 Å². The van der Waals surface area contributed by atoms with Crippen LogP contribution in [0, 0.1) is 0 Å². The molecule has 0 radical (unpaired) electrons. The van der Waals surface area contributed by atoms with E-state index in [9.17, 15) is 0 Å². The molecule has 15 aromatic rings. The average Bonchev–Trinajstić information content (AvgIpc) is 1.07. The third-order valence-corrected chi connectivity index (χ3v) is 22.9. The molecule has 105 heavy (non-hydrogen) atoms. The third kappa shape index (κ3) is 9.82. The first kappa shape index (κ1) is 64.6. The molecule has 0 bridgehead atoms. The van der Waals surface area contributed by atoms with E-state index in [0.29, 0.717) is 0 Å². The molecule has 0 spiro atoms. The normalized spacial score (nSPS) is 13.8. The zero-order valence-electron chi connectivity index (χ0n) is 62.9. The first-order chi connectivity index (χ1) is 50.3. The van der Waals surface area contributed by atoms with Crippen molar-refractivity contribution in [1.82, 2.24) is 9.13 Å². The van der Waals surface area contributed by atoms with Crippen molar-refractivity contribution in [2.45, 2.75) is 131 Å². The monoisotopic (exact) mass is 1360 g/mol. The second-order valence-electron chi connectivity index (χ2n) is 34.9. The summed E-state index contributed by atoms with van der Waals surface area (Å²) in [6.45, 7) is 35.6. The lowest BCUT2D eigenvalue weighted by Gasteiger charge is -2.49. The Balaban J connectivity index is 1.02. The van der Waals surface area contributed by atoms with Gasteiger partial charge >= 0.3 is 0 Å². The maximum absolute atomic E-state index is 7.86. The van der Waals surface area contributed by atoms with E-state index in [-0.39, 0.29) is 33.8 Å². The lowest BCUT2D eigenvalue weighted by Crippen LogP contribution is -2.62. The summed E-state index contributed by atoms with van der Waals surface area (Å²) in [6, 6.07) is 96.5. The van der Waals surface area contributed by atoms with Crippen molar-refractivity contribution in [2.24, 2.45) is 0 Å². The number of hydrogen-bond donors (Lipinski definition) is 0.